The molecule has 9 heteroatoms. The molecular formula is C19H17N3O5S. The van der Waals surface area contributed by atoms with E-state index in [1.54, 1.807) is 10.6 Å². The van der Waals surface area contributed by atoms with Gasteiger partial charge in [0.05, 0.1) is 17.4 Å². The lowest BCUT2D eigenvalue weighted by Gasteiger charge is -2.06. The van der Waals surface area contributed by atoms with Gasteiger partial charge in [0.15, 0.2) is 5.75 Å². The van der Waals surface area contributed by atoms with E-state index < -0.39 is 16.4 Å². The number of thiophene rings is 1. The van der Waals surface area contributed by atoms with Crippen molar-refractivity contribution in [2.75, 3.05) is 7.11 Å². The monoisotopic (exact) mass is 399 g/mol. The summed E-state index contributed by atoms with van der Waals surface area (Å²) < 4.78 is 6.70. The number of methoxy groups -OCH3 is 1. The summed E-state index contributed by atoms with van der Waals surface area (Å²) in [6, 6.07) is 2.80. The Morgan fingerprint density at radius 1 is 1.39 bits per heavy atom. The number of nitro benzene ring substituents is 1. The predicted molar refractivity (Wildman–Crippen MR) is 107 cm³/mol. The molecule has 3 heterocycles. The minimum atomic E-state index is -0.661. The number of fused-ring (bicyclic) bond motifs is 2. The summed E-state index contributed by atoms with van der Waals surface area (Å²) in [6.45, 7) is 4.40. The number of nitrogens with zero attached hydrogens (tertiary/aromatic N) is 3. The lowest BCUT2D eigenvalue weighted by molar-refractivity contribution is -0.386. The zero-order valence-corrected chi connectivity index (χ0v) is 16.3. The van der Waals surface area contributed by atoms with Crippen molar-refractivity contribution in [2.45, 2.75) is 26.8 Å². The van der Waals surface area contributed by atoms with Crippen LogP contribution in [0.1, 0.15) is 28.2 Å². The number of benzene rings is 1. The number of allylic oxidation sites excluding steroid dienone is 1. The van der Waals surface area contributed by atoms with Gasteiger partial charge < -0.3 is 9.84 Å². The normalized spacial score (nSPS) is 14.6. The Morgan fingerprint density at radius 3 is 2.82 bits per heavy atom. The molecule has 1 aliphatic heterocycles. The van der Waals surface area contributed by atoms with E-state index >= 15 is 0 Å². The molecular weight excluding hydrogens is 382 g/mol. The quantitative estimate of drug-likeness (QED) is 0.532. The first-order chi connectivity index (χ1) is 13.3. The van der Waals surface area contributed by atoms with Gasteiger partial charge in [0.2, 0.25) is 5.75 Å². The smallest absolute Gasteiger partial charge is 0.315 e. The summed E-state index contributed by atoms with van der Waals surface area (Å²) in [6.07, 6.45) is 2.34. The Labute approximate surface area is 163 Å². The van der Waals surface area contributed by atoms with Crippen LogP contribution in [0.25, 0.3) is 21.9 Å². The number of hydrogen-bond donors (Lipinski definition) is 1. The van der Waals surface area contributed by atoms with Crippen LogP contribution >= 0.6 is 11.3 Å². The first-order valence-electron chi connectivity index (χ1n) is 8.58. The zero-order chi connectivity index (χ0) is 20.2. The Bertz CT molecular complexity index is 1240. The fourth-order valence-corrected chi connectivity index (χ4v) is 4.47. The van der Waals surface area contributed by atoms with Crippen molar-refractivity contribution in [2.24, 2.45) is 0 Å². The highest BCUT2D eigenvalue weighted by Gasteiger charge is 2.24. The fraction of sp³-hybridized carbons (Fsp3) is 0.263. The van der Waals surface area contributed by atoms with Gasteiger partial charge in [-0.2, -0.15) is 0 Å². The molecule has 0 saturated carbocycles. The third-order valence-electron chi connectivity index (χ3n) is 5.02. The number of nitro groups is 1. The number of aromatic nitrogens is 2. The van der Waals surface area contributed by atoms with Gasteiger partial charge >= 0.3 is 5.69 Å². The molecule has 3 aromatic rings. The second-order valence-electron chi connectivity index (χ2n) is 6.62. The van der Waals surface area contributed by atoms with E-state index in [1.165, 1.54) is 30.6 Å². The first-order valence-corrected chi connectivity index (χ1v) is 9.40. The van der Waals surface area contributed by atoms with Crippen LogP contribution in [-0.4, -0.2) is 26.7 Å². The minimum absolute atomic E-state index is 0.0179. The molecule has 0 amide bonds. The maximum atomic E-state index is 12.9. The molecule has 0 spiro atoms. The van der Waals surface area contributed by atoms with Crippen LogP contribution in [0.3, 0.4) is 0 Å². The van der Waals surface area contributed by atoms with Gasteiger partial charge in [-0.25, -0.2) is 4.98 Å². The SMILES string of the molecule is COc1cc(C=C2CCn3c2nc2sc(C)c(C)c2c3=O)cc([N+](=O)[O-])c1O. The molecule has 0 aliphatic carbocycles. The second-order valence-corrected chi connectivity index (χ2v) is 7.83. The molecule has 1 N–H and O–H groups in total. The Balaban J connectivity index is 1.89. The van der Waals surface area contributed by atoms with Crippen LogP contribution in [-0.2, 0) is 6.54 Å². The molecule has 144 valence electrons. The summed E-state index contributed by atoms with van der Waals surface area (Å²) >= 11 is 1.49. The summed E-state index contributed by atoms with van der Waals surface area (Å²) in [4.78, 5) is 29.9. The molecule has 0 fully saturated rings. The van der Waals surface area contributed by atoms with E-state index in [-0.39, 0.29) is 11.3 Å². The summed E-state index contributed by atoms with van der Waals surface area (Å²) in [7, 11) is 1.33. The largest absolute Gasteiger partial charge is 0.500 e. The van der Waals surface area contributed by atoms with Gasteiger partial charge in [-0.3, -0.25) is 19.5 Å². The molecule has 28 heavy (non-hydrogen) atoms. The summed E-state index contributed by atoms with van der Waals surface area (Å²) in [5, 5.41) is 21.8. The van der Waals surface area contributed by atoms with Crippen molar-refractivity contribution in [1.29, 1.82) is 0 Å². The third-order valence-corrected chi connectivity index (χ3v) is 6.12. The highest BCUT2D eigenvalue weighted by atomic mass is 32.1. The van der Waals surface area contributed by atoms with Crippen molar-refractivity contribution in [3.05, 3.63) is 54.4 Å². The topological polar surface area (TPSA) is 107 Å². The molecule has 8 nitrogen and oxygen atoms in total. The highest BCUT2D eigenvalue weighted by molar-refractivity contribution is 7.18. The Hall–Kier alpha value is -3.20. The average molecular weight is 399 g/mol. The van der Waals surface area contributed by atoms with Crippen molar-refractivity contribution in [1.82, 2.24) is 9.55 Å². The summed E-state index contributed by atoms with van der Waals surface area (Å²) in [5.41, 5.74) is 1.78. The van der Waals surface area contributed by atoms with Gasteiger partial charge in [0.1, 0.15) is 10.7 Å². The van der Waals surface area contributed by atoms with Crippen LogP contribution in [0.2, 0.25) is 0 Å². The second kappa shape index (κ2) is 6.45. The van der Waals surface area contributed by atoms with Gasteiger partial charge in [0, 0.05) is 17.5 Å². The van der Waals surface area contributed by atoms with Crippen LogP contribution < -0.4 is 10.3 Å². The number of hydrogen-bond acceptors (Lipinski definition) is 7. The van der Waals surface area contributed by atoms with E-state index in [0.717, 1.165) is 16.0 Å². The number of phenolic OH excluding ortho intramolecular Hbond substituents is 1. The molecule has 1 aromatic carbocycles. The molecule has 0 unspecified atom stereocenters. The predicted octanol–water partition coefficient (Wildman–Crippen LogP) is 3.64. The van der Waals surface area contributed by atoms with Crippen LogP contribution in [0, 0.1) is 24.0 Å². The van der Waals surface area contributed by atoms with Crippen LogP contribution in [0.4, 0.5) is 5.69 Å². The maximum absolute atomic E-state index is 12.9. The standard InChI is InChI=1S/C19H17N3O5S/c1-9-10(2)28-18-15(9)19(24)21-5-4-12(17(21)20-18)6-11-7-13(22(25)26)16(23)14(8-11)27-3/h6-8,23H,4-5H2,1-3H3. The van der Waals surface area contributed by atoms with Gasteiger partial charge in [-0.05, 0) is 49.1 Å². The molecule has 0 saturated heterocycles. The molecule has 0 radical (unpaired) electrons. The van der Waals surface area contributed by atoms with Gasteiger partial charge in [-0.1, -0.05) is 0 Å². The van der Waals surface area contributed by atoms with E-state index in [2.05, 4.69) is 0 Å². The lowest BCUT2D eigenvalue weighted by atomic mass is 10.1. The summed E-state index contributed by atoms with van der Waals surface area (Å²) in [5.74, 6) is 0.0832. The number of rotatable bonds is 3. The lowest BCUT2D eigenvalue weighted by Crippen LogP contribution is -2.20. The molecule has 0 bridgehead atoms. The Kier molecular flexibility index (Phi) is 4.19. The maximum Gasteiger partial charge on any atom is 0.315 e. The Morgan fingerprint density at radius 2 is 2.14 bits per heavy atom. The third kappa shape index (κ3) is 2.66. The highest BCUT2D eigenvalue weighted by Crippen LogP contribution is 2.39. The van der Waals surface area contributed by atoms with Crippen molar-refractivity contribution < 1.29 is 14.8 Å². The number of ether oxygens (including phenoxy) is 1. The number of aryl methyl sites for hydroxylation is 2. The van der Waals surface area contributed by atoms with Crippen molar-refractivity contribution in [3.63, 3.8) is 0 Å². The van der Waals surface area contributed by atoms with Crippen LogP contribution in [0.5, 0.6) is 11.5 Å². The molecule has 4 rings (SSSR count). The van der Waals surface area contributed by atoms with Crippen molar-refractivity contribution in [3.8, 4) is 11.5 Å². The van der Waals surface area contributed by atoms with Gasteiger partial charge in [-0.15, -0.1) is 11.3 Å². The molecule has 1 aliphatic rings. The first kappa shape index (κ1) is 18.2. The average Bonchev–Trinajstić information content (AvgIpc) is 3.18. The number of phenols is 1. The van der Waals surface area contributed by atoms with Crippen LogP contribution in [0.15, 0.2) is 16.9 Å². The molecule has 2 aromatic heterocycles. The van der Waals surface area contributed by atoms with E-state index in [4.69, 9.17) is 9.72 Å². The van der Waals surface area contributed by atoms with E-state index in [1.807, 2.05) is 13.8 Å². The van der Waals surface area contributed by atoms with Gasteiger partial charge in [0.25, 0.3) is 5.56 Å². The molecule has 0 atom stereocenters. The fourth-order valence-electron chi connectivity index (χ4n) is 3.45. The van der Waals surface area contributed by atoms with E-state index in [0.29, 0.717) is 34.6 Å². The minimum Gasteiger partial charge on any atom is -0.500 e. The number of aromatic hydroxyl groups is 1. The van der Waals surface area contributed by atoms with E-state index in [9.17, 15) is 20.0 Å². The zero-order valence-electron chi connectivity index (χ0n) is 15.5. The van der Waals surface area contributed by atoms with Crippen molar-refractivity contribution >= 4 is 38.9 Å².